The lowest BCUT2D eigenvalue weighted by Crippen LogP contribution is -2.65. The van der Waals surface area contributed by atoms with Crippen LogP contribution in [0.15, 0.2) is 0 Å². The number of β-lactam (4-membered cyclic amide) rings is 1. The second-order valence-electron chi connectivity index (χ2n) is 4.83. The van der Waals surface area contributed by atoms with Crippen LogP contribution in [0.4, 0.5) is 0 Å². The van der Waals surface area contributed by atoms with Crippen LogP contribution in [0.25, 0.3) is 4.85 Å². The smallest absolute Gasteiger partial charge is 0.334 e. The van der Waals surface area contributed by atoms with Gasteiger partial charge in [-0.25, -0.2) is 19.8 Å². The van der Waals surface area contributed by atoms with Gasteiger partial charge in [-0.2, -0.15) is 0 Å². The molecular weight excluding hydrogens is 296 g/mol. The van der Waals surface area contributed by atoms with Gasteiger partial charge in [0.2, 0.25) is 5.37 Å². The average molecular weight is 307 g/mol. The summed E-state index contributed by atoms with van der Waals surface area (Å²) >= 11 is 5.29. The molecular formula is C10H11ClN2O5S. The van der Waals surface area contributed by atoms with Gasteiger partial charge in [0, 0.05) is 0 Å². The SMILES string of the molecule is [C-]#[N+][C@@H]1C(=O)N2[C@@H](C(=O)OCCl)C(C)(C)S(=O)(=O)[C@H]12. The minimum absolute atomic E-state index is 0.426. The lowest BCUT2D eigenvalue weighted by Gasteiger charge is -2.36. The van der Waals surface area contributed by atoms with Gasteiger partial charge in [0.15, 0.2) is 21.9 Å². The molecule has 0 bridgehead atoms. The highest BCUT2D eigenvalue weighted by Crippen LogP contribution is 2.47. The highest BCUT2D eigenvalue weighted by molar-refractivity contribution is 7.94. The zero-order valence-corrected chi connectivity index (χ0v) is 11.7. The summed E-state index contributed by atoms with van der Waals surface area (Å²) in [7, 11) is -3.82. The topological polar surface area (TPSA) is 85.1 Å². The predicted molar refractivity (Wildman–Crippen MR) is 64.6 cm³/mol. The van der Waals surface area contributed by atoms with Gasteiger partial charge in [-0.3, -0.25) is 14.5 Å². The Balaban J connectivity index is 2.50. The number of sulfone groups is 1. The largest absolute Gasteiger partial charge is 0.448 e. The first-order valence-electron chi connectivity index (χ1n) is 5.36. The molecule has 0 saturated carbocycles. The second-order valence-corrected chi connectivity index (χ2v) is 7.68. The van der Waals surface area contributed by atoms with Crippen molar-refractivity contribution in [3.8, 4) is 0 Å². The average Bonchev–Trinajstić information content (AvgIpc) is 2.44. The van der Waals surface area contributed by atoms with E-state index in [2.05, 4.69) is 9.58 Å². The van der Waals surface area contributed by atoms with Crippen molar-refractivity contribution >= 4 is 33.3 Å². The zero-order valence-electron chi connectivity index (χ0n) is 10.2. The summed E-state index contributed by atoms with van der Waals surface area (Å²) < 4.78 is 27.8. The highest BCUT2D eigenvalue weighted by atomic mass is 35.5. The first kappa shape index (κ1) is 14.1. The van der Waals surface area contributed by atoms with E-state index in [9.17, 15) is 18.0 Å². The molecule has 0 aliphatic carbocycles. The number of esters is 1. The molecule has 9 heteroatoms. The van der Waals surface area contributed by atoms with Crippen molar-refractivity contribution < 1.29 is 22.7 Å². The summed E-state index contributed by atoms with van der Waals surface area (Å²) in [5, 5.41) is -1.26. The Hall–Kier alpha value is -1.33. The van der Waals surface area contributed by atoms with Crippen LogP contribution in [0, 0.1) is 6.57 Å². The molecule has 2 rings (SSSR count). The molecule has 0 aromatic rings. The zero-order chi connectivity index (χ0) is 14.6. The summed E-state index contributed by atoms with van der Waals surface area (Å²) in [5.74, 6) is -1.53. The van der Waals surface area contributed by atoms with Crippen LogP contribution in [0.2, 0.25) is 0 Å². The molecule has 0 aromatic carbocycles. The molecule has 0 spiro atoms. The molecule has 7 nitrogen and oxygen atoms in total. The molecule has 104 valence electrons. The summed E-state index contributed by atoms with van der Waals surface area (Å²) in [4.78, 5) is 27.6. The maximum atomic E-state index is 12.3. The third-order valence-electron chi connectivity index (χ3n) is 3.60. The lowest BCUT2D eigenvalue weighted by atomic mass is 9.96. The quantitative estimate of drug-likeness (QED) is 0.304. The Labute approximate surface area is 115 Å². The van der Waals surface area contributed by atoms with Crippen LogP contribution in [-0.2, 0) is 24.2 Å². The van der Waals surface area contributed by atoms with Gasteiger partial charge >= 0.3 is 17.9 Å². The molecule has 1 amide bonds. The fourth-order valence-electron chi connectivity index (χ4n) is 2.51. The first-order chi connectivity index (χ1) is 8.71. The van der Waals surface area contributed by atoms with Gasteiger partial charge < -0.3 is 4.74 Å². The van der Waals surface area contributed by atoms with Crippen molar-refractivity contribution in [1.29, 1.82) is 0 Å². The number of hydrogen-bond acceptors (Lipinski definition) is 5. The van der Waals surface area contributed by atoms with Crippen LogP contribution in [0.5, 0.6) is 0 Å². The van der Waals surface area contributed by atoms with E-state index in [1.807, 2.05) is 0 Å². The van der Waals surface area contributed by atoms with E-state index in [-0.39, 0.29) is 0 Å². The highest BCUT2D eigenvalue weighted by Gasteiger charge is 2.75. The lowest BCUT2D eigenvalue weighted by molar-refractivity contribution is -0.160. The fraction of sp³-hybridized carbons (Fsp3) is 0.700. The number of alkyl halides is 1. The standard InChI is InChI=1S/C10H11ClN2O5S/c1-10(2)6(9(15)18-4-11)13-7(14)5(12-3)8(13)19(10,16)17/h5-6,8H,4H2,1-2H3/t5-,6+,8-/m1/s1. The Kier molecular flexibility index (Phi) is 3.03. The van der Waals surface area contributed by atoms with E-state index in [4.69, 9.17) is 18.2 Å². The summed E-state index contributed by atoms with van der Waals surface area (Å²) in [6.07, 6.45) is 0. The number of carbonyl (C=O) groups excluding carboxylic acids is 2. The number of amides is 1. The van der Waals surface area contributed by atoms with Gasteiger partial charge in [0.05, 0.1) is 0 Å². The van der Waals surface area contributed by atoms with Crippen molar-refractivity contribution in [1.82, 2.24) is 4.90 Å². The van der Waals surface area contributed by atoms with Crippen molar-refractivity contribution in [2.24, 2.45) is 0 Å². The third-order valence-corrected chi connectivity index (χ3v) is 6.52. The molecule has 19 heavy (non-hydrogen) atoms. The Morgan fingerprint density at radius 3 is 2.63 bits per heavy atom. The van der Waals surface area contributed by atoms with Gasteiger partial charge in [0.25, 0.3) is 0 Å². The van der Waals surface area contributed by atoms with Crippen LogP contribution in [0.3, 0.4) is 0 Å². The van der Waals surface area contributed by atoms with Crippen LogP contribution < -0.4 is 0 Å². The fourth-order valence-corrected chi connectivity index (χ4v) is 4.81. The van der Waals surface area contributed by atoms with Crippen molar-refractivity contribution in [3.63, 3.8) is 0 Å². The molecule has 0 N–H and O–H groups in total. The molecule has 2 fully saturated rings. The molecule has 2 aliphatic heterocycles. The minimum Gasteiger partial charge on any atom is -0.448 e. The number of fused-ring (bicyclic) bond motifs is 1. The van der Waals surface area contributed by atoms with Gasteiger partial charge in [-0.05, 0) is 13.8 Å². The van der Waals surface area contributed by atoms with Crippen LogP contribution >= 0.6 is 11.6 Å². The number of nitrogens with zero attached hydrogens (tertiary/aromatic N) is 2. The van der Waals surface area contributed by atoms with E-state index >= 15 is 0 Å². The Bertz CT molecular complexity index is 594. The van der Waals surface area contributed by atoms with E-state index in [0.29, 0.717) is 0 Å². The molecule has 2 saturated heterocycles. The van der Waals surface area contributed by atoms with E-state index in [1.165, 1.54) is 13.8 Å². The van der Waals surface area contributed by atoms with E-state index in [0.717, 1.165) is 4.90 Å². The maximum absolute atomic E-state index is 12.3. The number of ether oxygens (including phenoxy) is 1. The molecule has 0 aromatic heterocycles. The Morgan fingerprint density at radius 1 is 1.58 bits per heavy atom. The predicted octanol–water partition coefficient (Wildman–Crippen LogP) is -0.242. The summed E-state index contributed by atoms with van der Waals surface area (Å²) in [5.41, 5.74) is 0. The van der Waals surface area contributed by atoms with E-state index < -0.39 is 50.0 Å². The minimum atomic E-state index is -3.82. The van der Waals surface area contributed by atoms with Crippen LogP contribution in [-0.4, -0.2) is 53.5 Å². The number of hydrogen-bond donors (Lipinski definition) is 0. The van der Waals surface area contributed by atoms with Crippen LogP contribution in [0.1, 0.15) is 13.8 Å². The third kappa shape index (κ3) is 1.51. The first-order valence-corrected chi connectivity index (χ1v) is 7.44. The second kappa shape index (κ2) is 4.08. The van der Waals surface area contributed by atoms with Gasteiger partial charge in [0.1, 0.15) is 4.75 Å². The summed E-state index contributed by atoms with van der Waals surface area (Å²) in [6.45, 7) is 9.56. The number of rotatable bonds is 2. The number of carbonyl (C=O) groups is 2. The molecule has 2 aliphatic rings. The normalized spacial score (nSPS) is 34.1. The van der Waals surface area contributed by atoms with Crippen molar-refractivity contribution in [3.05, 3.63) is 11.4 Å². The Morgan fingerprint density at radius 2 is 2.16 bits per heavy atom. The van der Waals surface area contributed by atoms with Crippen molar-refractivity contribution in [2.45, 2.75) is 36.1 Å². The maximum Gasteiger partial charge on any atom is 0.334 e. The van der Waals surface area contributed by atoms with Crippen molar-refractivity contribution in [2.75, 3.05) is 6.07 Å². The molecule has 2 heterocycles. The van der Waals surface area contributed by atoms with Gasteiger partial charge in [-0.15, -0.1) is 0 Å². The molecule has 0 radical (unpaired) electrons. The monoisotopic (exact) mass is 306 g/mol. The summed E-state index contributed by atoms with van der Waals surface area (Å²) in [6, 6.07) is -2.95. The van der Waals surface area contributed by atoms with E-state index in [1.54, 1.807) is 0 Å². The number of halogens is 1. The molecule has 3 atom stereocenters. The van der Waals surface area contributed by atoms with Gasteiger partial charge in [-0.1, -0.05) is 11.6 Å². The molecule has 0 unspecified atom stereocenters.